The number of anilines is 1. The van der Waals surface area contributed by atoms with Gasteiger partial charge in [0.05, 0.1) is 5.56 Å². The van der Waals surface area contributed by atoms with Crippen LogP contribution < -0.4 is 11.1 Å². The van der Waals surface area contributed by atoms with E-state index in [1.54, 1.807) is 6.07 Å². The van der Waals surface area contributed by atoms with Crippen molar-refractivity contribution in [2.24, 2.45) is 5.73 Å². The van der Waals surface area contributed by atoms with Gasteiger partial charge in [-0.05, 0) is 25.0 Å². The lowest BCUT2D eigenvalue weighted by Gasteiger charge is -2.00. The molecule has 1 aliphatic rings. The highest BCUT2D eigenvalue weighted by Gasteiger charge is 2.18. The molecule has 1 atom stereocenters. The average molecular weight is 177 g/mol. The number of carbonyl (C=O) groups excluding carboxylic acids is 1. The third-order valence-corrected chi connectivity index (χ3v) is 2.16. The lowest BCUT2D eigenvalue weighted by atomic mass is 10.1. The summed E-state index contributed by atoms with van der Waals surface area (Å²) in [5.41, 5.74) is 6.70. The quantitative estimate of drug-likeness (QED) is 0.657. The summed E-state index contributed by atoms with van der Waals surface area (Å²) in [5.74, 6) is 0.451. The number of primary amides is 1. The lowest BCUT2D eigenvalue weighted by molar-refractivity contribution is 0.1000. The van der Waals surface area contributed by atoms with Crippen LogP contribution in [0.1, 0.15) is 22.8 Å². The second-order valence-electron chi connectivity index (χ2n) is 3.35. The van der Waals surface area contributed by atoms with Gasteiger partial charge in [-0.15, -0.1) is 0 Å². The van der Waals surface area contributed by atoms with Crippen LogP contribution in [-0.4, -0.2) is 16.9 Å². The standard InChI is InChI=1S/C9H11N3O/c1-5-2-6-3-7(8(10)13)4-11-9(6)12-5/h3-5H,2H2,1H3,(H2,10,13)(H,11,12)/t5-/m1/s1. The number of nitrogens with one attached hydrogen (secondary N) is 1. The first-order chi connectivity index (χ1) is 6.16. The van der Waals surface area contributed by atoms with Crippen LogP contribution in [0.4, 0.5) is 5.82 Å². The van der Waals surface area contributed by atoms with E-state index < -0.39 is 5.91 Å². The van der Waals surface area contributed by atoms with Crippen molar-refractivity contribution in [3.8, 4) is 0 Å². The molecule has 0 fully saturated rings. The molecular weight excluding hydrogens is 166 g/mol. The molecule has 2 heterocycles. The molecule has 0 spiro atoms. The highest BCUT2D eigenvalue weighted by molar-refractivity contribution is 5.93. The Morgan fingerprint density at radius 3 is 3.23 bits per heavy atom. The van der Waals surface area contributed by atoms with Crippen molar-refractivity contribution in [3.63, 3.8) is 0 Å². The zero-order valence-electron chi connectivity index (χ0n) is 7.37. The predicted molar refractivity (Wildman–Crippen MR) is 49.5 cm³/mol. The van der Waals surface area contributed by atoms with Crippen molar-refractivity contribution in [2.75, 3.05) is 5.32 Å². The Bertz CT molecular complexity index is 362. The minimum atomic E-state index is -0.421. The molecule has 1 amide bonds. The molecule has 0 aliphatic carbocycles. The normalized spacial score (nSPS) is 19.3. The van der Waals surface area contributed by atoms with E-state index in [4.69, 9.17) is 5.73 Å². The van der Waals surface area contributed by atoms with E-state index in [1.807, 2.05) is 0 Å². The Balaban J connectivity index is 2.40. The fourth-order valence-corrected chi connectivity index (χ4v) is 1.54. The number of aromatic nitrogens is 1. The van der Waals surface area contributed by atoms with Crippen LogP contribution in [0, 0.1) is 0 Å². The Labute approximate surface area is 76.2 Å². The zero-order valence-corrected chi connectivity index (χ0v) is 7.37. The third-order valence-electron chi connectivity index (χ3n) is 2.16. The summed E-state index contributed by atoms with van der Waals surface area (Å²) in [5, 5.41) is 3.20. The Morgan fingerprint density at radius 1 is 1.77 bits per heavy atom. The van der Waals surface area contributed by atoms with Crippen LogP contribution in [0.15, 0.2) is 12.3 Å². The molecule has 1 aromatic heterocycles. The van der Waals surface area contributed by atoms with Crippen molar-refractivity contribution in [1.82, 2.24) is 4.98 Å². The first kappa shape index (κ1) is 8.04. The van der Waals surface area contributed by atoms with E-state index in [-0.39, 0.29) is 0 Å². The van der Waals surface area contributed by atoms with Crippen molar-refractivity contribution in [2.45, 2.75) is 19.4 Å². The van der Waals surface area contributed by atoms with E-state index >= 15 is 0 Å². The second-order valence-corrected chi connectivity index (χ2v) is 3.35. The van der Waals surface area contributed by atoms with E-state index in [0.29, 0.717) is 11.6 Å². The topological polar surface area (TPSA) is 68.0 Å². The summed E-state index contributed by atoms with van der Waals surface area (Å²) in [6.07, 6.45) is 2.41. The van der Waals surface area contributed by atoms with E-state index in [0.717, 1.165) is 17.8 Å². The molecule has 4 heteroatoms. The molecule has 0 aromatic carbocycles. The van der Waals surface area contributed by atoms with Crippen LogP contribution in [0.25, 0.3) is 0 Å². The maximum atomic E-state index is 10.8. The maximum Gasteiger partial charge on any atom is 0.250 e. The average Bonchev–Trinajstić information content (AvgIpc) is 2.42. The number of hydrogen-bond acceptors (Lipinski definition) is 3. The molecule has 0 saturated heterocycles. The molecule has 3 N–H and O–H groups in total. The van der Waals surface area contributed by atoms with Gasteiger partial charge in [0.1, 0.15) is 5.82 Å². The number of rotatable bonds is 1. The lowest BCUT2D eigenvalue weighted by Crippen LogP contribution is -2.11. The molecule has 2 rings (SSSR count). The van der Waals surface area contributed by atoms with Crippen molar-refractivity contribution in [3.05, 3.63) is 23.4 Å². The SMILES string of the molecule is C[C@@H]1Cc2cc(C(N)=O)cnc2N1. The Hall–Kier alpha value is -1.58. The summed E-state index contributed by atoms with van der Waals surface area (Å²) in [6, 6.07) is 2.20. The molecule has 13 heavy (non-hydrogen) atoms. The molecule has 0 radical (unpaired) electrons. The Kier molecular flexibility index (Phi) is 1.69. The number of nitrogens with zero attached hydrogens (tertiary/aromatic N) is 1. The van der Waals surface area contributed by atoms with Crippen LogP contribution >= 0.6 is 0 Å². The molecule has 4 nitrogen and oxygen atoms in total. The summed E-state index contributed by atoms with van der Waals surface area (Å²) < 4.78 is 0. The van der Waals surface area contributed by atoms with Gasteiger partial charge in [0.2, 0.25) is 5.91 Å². The minimum absolute atomic E-state index is 0.394. The van der Waals surface area contributed by atoms with Gasteiger partial charge >= 0.3 is 0 Å². The molecule has 0 saturated carbocycles. The first-order valence-electron chi connectivity index (χ1n) is 4.22. The van der Waals surface area contributed by atoms with Crippen LogP contribution in [0.2, 0.25) is 0 Å². The van der Waals surface area contributed by atoms with Crippen molar-refractivity contribution < 1.29 is 4.79 Å². The van der Waals surface area contributed by atoms with Gasteiger partial charge in [0.25, 0.3) is 0 Å². The number of carbonyl (C=O) groups is 1. The largest absolute Gasteiger partial charge is 0.367 e. The van der Waals surface area contributed by atoms with E-state index in [1.165, 1.54) is 6.20 Å². The molecule has 1 aromatic rings. The fourth-order valence-electron chi connectivity index (χ4n) is 1.54. The molecule has 1 aliphatic heterocycles. The van der Waals surface area contributed by atoms with E-state index in [9.17, 15) is 4.79 Å². The highest BCUT2D eigenvalue weighted by Crippen LogP contribution is 2.23. The highest BCUT2D eigenvalue weighted by atomic mass is 16.1. The fraction of sp³-hybridized carbons (Fsp3) is 0.333. The van der Waals surface area contributed by atoms with Crippen molar-refractivity contribution >= 4 is 11.7 Å². The van der Waals surface area contributed by atoms with Gasteiger partial charge in [0.15, 0.2) is 0 Å². The zero-order chi connectivity index (χ0) is 9.42. The molecule has 0 bridgehead atoms. The number of pyridine rings is 1. The van der Waals surface area contributed by atoms with Crippen molar-refractivity contribution in [1.29, 1.82) is 0 Å². The molecular formula is C9H11N3O. The van der Waals surface area contributed by atoms with Crippen LogP contribution in [-0.2, 0) is 6.42 Å². The van der Waals surface area contributed by atoms with Gasteiger partial charge in [-0.25, -0.2) is 4.98 Å². The number of amides is 1. The van der Waals surface area contributed by atoms with Gasteiger partial charge in [0, 0.05) is 12.2 Å². The monoisotopic (exact) mass is 177 g/mol. The third kappa shape index (κ3) is 1.35. The van der Waals surface area contributed by atoms with Gasteiger partial charge in [-0.2, -0.15) is 0 Å². The number of hydrogen-bond donors (Lipinski definition) is 2. The van der Waals surface area contributed by atoms with Gasteiger partial charge in [-0.1, -0.05) is 0 Å². The number of nitrogens with two attached hydrogens (primary N) is 1. The van der Waals surface area contributed by atoms with E-state index in [2.05, 4.69) is 17.2 Å². The Morgan fingerprint density at radius 2 is 2.54 bits per heavy atom. The molecule has 0 unspecified atom stereocenters. The summed E-state index contributed by atoms with van der Waals surface area (Å²) >= 11 is 0. The number of fused-ring (bicyclic) bond motifs is 1. The smallest absolute Gasteiger partial charge is 0.250 e. The van der Waals surface area contributed by atoms with Gasteiger partial charge < -0.3 is 11.1 Å². The maximum absolute atomic E-state index is 10.8. The molecule has 68 valence electrons. The summed E-state index contributed by atoms with van der Waals surface area (Å²) in [7, 11) is 0. The van der Waals surface area contributed by atoms with Gasteiger partial charge in [-0.3, -0.25) is 4.79 Å². The second kappa shape index (κ2) is 2.73. The van der Waals surface area contributed by atoms with Crippen LogP contribution in [0.3, 0.4) is 0 Å². The minimum Gasteiger partial charge on any atom is -0.367 e. The summed E-state index contributed by atoms with van der Waals surface area (Å²) in [4.78, 5) is 15.0. The van der Waals surface area contributed by atoms with Crippen LogP contribution in [0.5, 0.6) is 0 Å². The summed E-state index contributed by atoms with van der Waals surface area (Å²) in [6.45, 7) is 2.08. The predicted octanol–water partition coefficient (Wildman–Crippen LogP) is 0.537. The first-order valence-corrected chi connectivity index (χ1v) is 4.22.